The molecule has 0 amide bonds. The van der Waals surface area contributed by atoms with Crippen molar-refractivity contribution in [2.45, 2.75) is 19.4 Å². The first-order valence-corrected chi connectivity index (χ1v) is 8.31. The number of nitriles is 1. The van der Waals surface area contributed by atoms with Crippen LogP contribution in [0, 0.1) is 11.3 Å². The summed E-state index contributed by atoms with van der Waals surface area (Å²) in [5.74, 6) is 0. The highest BCUT2D eigenvalue weighted by Crippen LogP contribution is 2.24. The van der Waals surface area contributed by atoms with E-state index < -0.39 is 12.0 Å². The first-order chi connectivity index (χ1) is 13.0. The minimum atomic E-state index is -2.56. The molecular weight excluding hydrogens is 354 g/mol. The molecule has 0 saturated heterocycles. The number of hydrogen-bond acceptors (Lipinski definition) is 6. The van der Waals surface area contributed by atoms with Gasteiger partial charge in [0.05, 0.1) is 18.4 Å². The lowest BCUT2D eigenvalue weighted by Gasteiger charge is -2.32. The van der Waals surface area contributed by atoms with E-state index in [2.05, 4.69) is 15.5 Å². The minimum absolute atomic E-state index is 0.0205. The van der Waals surface area contributed by atoms with E-state index in [0.717, 1.165) is 0 Å². The number of aromatic amines is 1. The Morgan fingerprint density at radius 3 is 2.93 bits per heavy atom. The van der Waals surface area contributed by atoms with Gasteiger partial charge < -0.3 is 16.0 Å². The maximum atomic E-state index is 13.1. The van der Waals surface area contributed by atoms with Crippen molar-refractivity contribution in [3.05, 3.63) is 68.9 Å². The molecule has 7 nitrogen and oxygen atoms in total. The van der Waals surface area contributed by atoms with Gasteiger partial charge in [-0.15, -0.1) is 0 Å². The van der Waals surface area contributed by atoms with Crippen molar-refractivity contribution < 1.29 is 8.78 Å². The maximum absolute atomic E-state index is 13.1. The van der Waals surface area contributed by atoms with Crippen LogP contribution in [0.15, 0.2) is 46.7 Å². The molecule has 4 N–H and O–H groups in total. The predicted octanol–water partition coefficient (Wildman–Crippen LogP) is 1.75. The third-order valence-electron chi connectivity index (χ3n) is 4.46. The van der Waals surface area contributed by atoms with E-state index in [1.54, 1.807) is 18.2 Å². The zero-order valence-electron chi connectivity index (χ0n) is 14.4. The molecule has 9 heteroatoms. The Morgan fingerprint density at radius 1 is 1.41 bits per heavy atom. The fourth-order valence-corrected chi connectivity index (χ4v) is 3.00. The van der Waals surface area contributed by atoms with Gasteiger partial charge in [0, 0.05) is 36.5 Å². The molecule has 0 saturated carbocycles. The topological polar surface area (TPSA) is 111 Å². The maximum Gasteiger partial charge on any atom is 0.284 e. The molecule has 1 aromatic carbocycles. The predicted molar refractivity (Wildman–Crippen MR) is 95.9 cm³/mol. The summed E-state index contributed by atoms with van der Waals surface area (Å²) in [4.78, 5) is 13.6. The van der Waals surface area contributed by atoms with Crippen LogP contribution in [-0.2, 0) is 6.54 Å². The quantitative estimate of drug-likeness (QED) is 0.737. The van der Waals surface area contributed by atoms with Gasteiger partial charge in [-0.1, -0.05) is 24.3 Å². The van der Waals surface area contributed by atoms with Crippen LogP contribution in [0.5, 0.6) is 0 Å². The molecule has 0 bridgehead atoms. The van der Waals surface area contributed by atoms with Crippen molar-refractivity contribution in [3.8, 4) is 6.07 Å². The average Bonchev–Trinajstić information content (AvgIpc) is 2.67. The Bertz CT molecular complexity index is 963. The van der Waals surface area contributed by atoms with Gasteiger partial charge in [-0.2, -0.15) is 10.4 Å². The lowest BCUT2D eigenvalue weighted by Crippen LogP contribution is -2.39. The van der Waals surface area contributed by atoms with Crippen LogP contribution in [0.25, 0.3) is 0 Å². The van der Waals surface area contributed by atoms with Gasteiger partial charge >= 0.3 is 0 Å². The minimum Gasteiger partial charge on any atom is -0.401 e. The lowest BCUT2D eigenvalue weighted by atomic mass is 10.1. The summed E-state index contributed by atoms with van der Waals surface area (Å²) in [7, 11) is 0. The van der Waals surface area contributed by atoms with Gasteiger partial charge in [0.15, 0.2) is 0 Å². The van der Waals surface area contributed by atoms with E-state index in [9.17, 15) is 18.8 Å². The van der Waals surface area contributed by atoms with E-state index in [-0.39, 0.29) is 17.7 Å². The molecular formula is C18H18F2N6O. The van der Waals surface area contributed by atoms with Gasteiger partial charge in [0.25, 0.3) is 12.0 Å². The fourth-order valence-electron chi connectivity index (χ4n) is 3.00. The number of nitrogens with zero attached hydrogens (tertiary/aromatic N) is 3. The van der Waals surface area contributed by atoms with Gasteiger partial charge in [-0.05, 0) is 5.56 Å². The summed E-state index contributed by atoms with van der Waals surface area (Å²) in [5.41, 5.74) is 7.67. The standard InChI is InChI=1S/C18H18F2N6O/c19-17(20)12-4-2-1-3-11(12)8-23-15-10-26(6-5-14(15)22)16-9-24-25-18(27)13(16)7-21/h1-4,9,17,23H,5-6,8,10,22H2,(H,25,27). The molecule has 1 aliphatic rings. The Kier molecular flexibility index (Phi) is 5.35. The number of aromatic nitrogens is 2. The third-order valence-corrected chi connectivity index (χ3v) is 4.46. The molecule has 0 aliphatic carbocycles. The van der Waals surface area contributed by atoms with Gasteiger partial charge in [0.1, 0.15) is 11.6 Å². The summed E-state index contributed by atoms with van der Waals surface area (Å²) in [6.45, 7) is 1.04. The zero-order valence-corrected chi connectivity index (χ0v) is 14.4. The number of nitrogens with one attached hydrogen (secondary N) is 2. The molecule has 0 atom stereocenters. The van der Waals surface area contributed by atoms with E-state index in [1.807, 2.05) is 11.0 Å². The summed E-state index contributed by atoms with van der Waals surface area (Å²) < 4.78 is 26.3. The first-order valence-electron chi connectivity index (χ1n) is 8.31. The molecule has 1 aliphatic heterocycles. The van der Waals surface area contributed by atoms with Crippen LogP contribution in [0.4, 0.5) is 14.5 Å². The van der Waals surface area contributed by atoms with Crippen LogP contribution in [0.2, 0.25) is 0 Å². The number of hydrogen-bond donors (Lipinski definition) is 3. The highest BCUT2D eigenvalue weighted by atomic mass is 19.3. The Labute approximate surface area is 154 Å². The van der Waals surface area contributed by atoms with E-state index in [0.29, 0.717) is 42.2 Å². The molecule has 2 aromatic rings. The molecule has 0 unspecified atom stereocenters. The smallest absolute Gasteiger partial charge is 0.284 e. The molecule has 0 spiro atoms. The molecule has 0 radical (unpaired) electrons. The van der Waals surface area contributed by atoms with Crippen molar-refractivity contribution in [1.29, 1.82) is 5.26 Å². The monoisotopic (exact) mass is 372 g/mol. The SMILES string of the molecule is N#Cc1c(N2CCC(N)=C(NCc3ccccc3C(F)F)C2)cn[nH]c1=O. The number of H-pyrrole nitrogens is 1. The molecule has 0 fully saturated rings. The second kappa shape index (κ2) is 7.86. The van der Waals surface area contributed by atoms with Crippen molar-refractivity contribution in [2.75, 3.05) is 18.0 Å². The van der Waals surface area contributed by atoms with Crippen LogP contribution in [0.1, 0.15) is 29.5 Å². The molecule has 2 heterocycles. The molecule has 140 valence electrons. The highest BCUT2D eigenvalue weighted by molar-refractivity contribution is 5.58. The summed E-state index contributed by atoms with van der Waals surface area (Å²) in [6, 6.07) is 8.20. The number of rotatable bonds is 5. The Hall–Kier alpha value is -3.41. The second-order valence-corrected chi connectivity index (χ2v) is 6.10. The van der Waals surface area contributed by atoms with E-state index in [1.165, 1.54) is 12.3 Å². The van der Waals surface area contributed by atoms with Gasteiger partial charge in [0.2, 0.25) is 0 Å². The molecule has 1 aromatic heterocycles. The van der Waals surface area contributed by atoms with Crippen LogP contribution >= 0.6 is 0 Å². The summed E-state index contributed by atoms with van der Waals surface area (Å²) in [5, 5.41) is 18.4. The van der Waals surface area contributed by atoms with Crippen LogP contribution in [0.3, 0.4) is 0 Å². The lowest BCUT2D eigenvalue weighted by molar-refractivity contribution is 0.150. The number of nitrogens with two attached hydrogens (primary N) is 1. The molecule has 3 rings (SSSR count). The number of benzene rings is 1. The number of alkyl halides is 2. The largest absolute Gasteiger partial charge is 0.401 e. The first kappa shape index (κ1) is 18.4. The normalized spacial score (nSPS) is 14.4. The highest BCUT2D eigenvalue weighted by Gasteiger charge is 2.22. The molecule has 27 heavy (non-hydrogen) atoms. The van der Waals surface area contributed by atoms with Crippen molar-refractivity contribution in [2.24, 2.45) is 5.73 Å². The van der Waals surface area contributed by atoms with E-state index >= 15 is 0 Å². The second-order valence-electron chi connectivity index (χ2n) is 6.10. The number of halogens is 2. The Morgan fingerprint density at radius 2 is 2.19 bits per heavy atom. The van der Waals surface area contributed by atoms with Crippen molar-refractivity contribution in [1.82, 2.24) is 15.5 Å². The fraction of sp³-hybridized carbons (Fsp3) is 0.278. The summed E-state index contributed by atoms with van der Waals surface area (Å²) >= 11 is 0. The van der Waals surface area contributed by atoms with Crippen LogP contribution < -0.4 is 21.5 Å². The third kappa shape index (κ3) is 3.89. The Balaban J connectivity index is 1.79. The van der Waals surface area contributed by atoms with Crippen LogP contribution in [-0.4, -0.2) is 23.3 Å². The summed E-state index contributed by atoms with van der Waals surface area (Å²) in [6.07, 6.45) is -0.626. The van der Waals surface area contributed by atoms with Gasteiger partial charge in [-0.25, -0.2) is 13.9 Å². The van der Waals surface area contributed by atoms with E-state index in [4.69, 9.17) is 5.73 Å². The zero-order chi connectivity index (χ0) is 19.4. The average molecular weight is 372 g/mol. The number of anilines is 1. The van der Waals surface area contributed by atoms with Crippen molar-refractivity contribution >= 4 is 5.69 Å². The van der Waals surface area contributed by atoms with Gasteiger partial charge in [-0.3, -0.25) is 4.79 Å². The van der Waals surface area contributed by atoms with Crippen molar-refractivity contribution in [3.63, 3.8) is 0 Å².